The number of hydrogen-bond donors (Lipinski definition) is 1. The number of likely N-dealkylation sites (tertiary alicyclic amines) is 1. The zero-order valence-electron chi connectivity index (χ0n) is 13.3. The molecule has 24 heavy (non-hydrogen) atoms. The van der Waals surface area contributed by atoms with E-state index in [-0.39, 0.29) is 25.0 Å². The number of nitrogens with zero attached hydrogens (tertiary/aromatic N) is 1. The third-order valence-electron chi connectivity index (χ3n) is 5.37. The number of carbonyl (C=O) groups excluding carboxylic acids is 1. The molecule has 2 saturated heterocycles. The Hall–Kier alpha value is -2.40. The first-order chi connectivity index (χ1) is 11.6. The molecule has 2 aliphatic heterocycles. The first-order valence-corrected chi connectivity index (χ1v) is 8.16. The quantitative estimate of drug-likeness (QED) is 0.936. The summed E-state index contributed by atoms with van der Waals surface area (Å²) in [6, 6.07) is 13.9. The highest BCUT2D eigenvalue weighted by molar-refractivity contribution is 5.90. The fourth-order valence-corrected chi connectivity index (χ4v) is 3.95. The van der Waals surface area contributed by atoms with E-state index in [0.717, 1.165) is 16.3 Å². The molecule has 2 aliphatic rings. The van der Waals surface area contributed by atoms with Crippen molar-refractivity contribution in [2.24, 2.45) is 11.3 Å². The van der Waals surface area contributed by atoms with Crippen LogP contribution in [0.3, 0.4) is 0 Å². The van der Waals surface area contributed by atoms with Gasteiger partial charge in [-0.15, -0.1) is 0 Å². The van der Waals surface area contributed by atoms with Crippen molar-refractivity contribution in [1.29, 1.82) is 0 Å². The van der Waals surface area contributed by atoms with Crippen LogP contribution in [0, 0.1) is 11.3 Å². The maximum atomic E-state index is 12.7. The number of ether oxygens (including phenoxy) is 1. The van der Waals surface area contributed by atoms with Crippen LogP contribution in [0.25, 0.3) is 10.8 Å². The molecular formula is C19H19NO4. The SMILES string of the molecule is O=C(Cc1cccc2ccccc12)N1C[C@@H]2COC[C@]2(C(=O)O)C1. The van der Waals surface area contributed by atoms with E-state index < -0.39 is 11.4 Å². The predicted octanol–water partition coefficient (Wildman–Crippen LogP) is 1.94. The molecule has 0 unspecified atom stereocenters. The highest BCUT2D eigenvalue weighted by Crippen LogP contribution is 2.41. The number of rotatable bonds is 3. The van der Waals surface area contributed by atoms with E-state index in [1.807, 2.05) is 42.5 Å². The van der Waals surface area contributed by atoms with Crippen molar-refractivity contribution in [1.82, 2.24) is 4.90 Å². The van der Waals surface area contributed by atoms with Gasteiger partial charge in [-0.3, -0.25) is 9.59 Å². The molecule has 1 N–H and O–H groups in total. The van der Waals surface area contributed by atoms with Crippen molar-refractivity contribution in [3.63, 3.8) is 0 Å². The van der Waals surface area contributed by atoms with Crippen LogP contribution in [0.5, 0.6) is 0 Å². The third-order valence-corrected chi connectivity index (χ3v) is 5.37. The molecule has 0 radical (unpaired) electrons. The first kappa shape index (κ1) is 15.1. The summed E-state index contributed by atoms with van der Waals surface area (Å²) in [5.74, 6) is -0.974. The number of aliphatic carboxylic acids is 1. The monoisotopic (exact) mass is 325 g/mol. The van der Waals surface area contributed by atoms with E-state index >= 15 is 0 Å². The molecule has 0 bridgehead atoms. The van der Waals surface area contributed by atoms with Crippen molar-refractivity contribution in [3.8, 4) is 0 Å². The Morgan fingerprint density at radius 1 is 1.21 bits per heavy atom. The molecule has 5 nitrogen and oxygen atoms in total. The third kappa shape index (κ3) is 2.27. The second kappa shape index (κ2) is 5.60. The summed E-state index contributed by atoms with van der Waals surface area (Å²) in [4.78, 5) is 26.1. The molecule has 124 valence electrons. The molecule has 0 spiro atoms. The van der Waals surface area contributed by atoms with Crippen LogP contribution in [0.4, 0.5) is 0 Å². The van der Waals surface area contributed by atoms with Gasteiger partial charge in [-0.1, -0.05) is 42.5 Å². The zero-order chi connectivity index (χ0) is 16.7. The molecule has 2 fully saturated rings. The minimum atomic E-state index is -0.922. The van der Waals surface area contributed by atoms with Crippen LogP contribution in [-0.4, -0.2) is 48.2 Å². The summed E-state index contributed by atoms with van der Waals surface area (Å²) in [6.07, 6.45) is 0.296. The summed E-state index contributed by atoms with van der Waals surface area (Å²) < 4.78 is 5.36. The molecule has 1 amide bonds. The molecule has 4 rings (SSSR count). The maximum Gasteiger partial charge on any atom is 0.314 e. The molecule has 2 atom stereocenters. The van der Waals surface area contributed by atoms with Crippen molar-refractivity contribution >= 4 is 22.6 Å². The molecular weight excluding hydrogens is 306 g/mol. The Bertz CT molecular complexity index is 813. The number of carboxylic acids is 1. The van der Waals surface area contributed by atoms with Crippen LogP contribution in [-0.2, 0) is 20.7 Å². The summed E-state index contributed by atoms with van der Waals surface area (Å²) in [5.41, 5.74) is 0.0600. The van der Waals surface area contributed by atoms with Gasteiger partial charge < -0.3 is 14.7 Å². The average molecular weight is 325 g/mol. The van der Waals surface area contributed by atoms with Crippen LogP contribution < -0.4 is 0 Å². The van der Waals surface area contributed by atoms with Gasteiger partial charge >= 0.3 is 5.97 Å². The predicted molar refractivity (Wildman–Crippen MR) is 88.6 cm³/mol. The maximum absolute atomic E-state index is 12.7. The van der Waals surface area contributed by atoms with Gasteiger partial charge in [-0.2, -0.15) is 0 Å². The van der Waals surface area contributed by atoms with E-state index in [1.165, 1.54) is 0 Å². The Kier molecular flexibility index (Phi) is 3.53. The van der Waals surface area contributed by atoms with E-state index in [0.29, 0.717) is 19.6 Å². The minimum Gasteiger partial charge on any atom is -0.481 e. The Labute approximate surface area is 139 Å². The van der Waals surface area contributed by atoms with Crippen LogP contribution >= 0.6 is 0 Å². The first-order valence-electron chi connectivity index (χ1n) is 8.16. The average Bonchev–Trinajstić information content (AvgIpc) is 3.13. The number of hydrogen-bond acceptors (Lipinski definition) is 3. The second-order valence-electron chi connectivity index (χ2n) is 6.76. The summed E-state index contributed by atoms with van der Waals surface area (Å²) in [6.45, 7) is 1.34. The lowest BCUT2D eigenvalue weighted by atomic mass is 9.81. The molecule has 5 heteroatoms. The van der Waals surface area contributed by atoms with Crippen molar-refractivity contribution in [2.75, 3.05) is 26.3 Å². The van der Waals surface area contributed by atoms with E-state index in [9.17, 15) is 14.7 Å². The van der Waals surface area contributed by atoms with Crippen LogP contribution in [0.2, 0.25) is 0 Å². The minimum absolute atomic E-state index is 0.0126. The standard InChI is InChI=1S/C19H19NO4/c21-17(8-14-6-3-5-13-4-1-2-7-16(13)14)20-9-15-10-24-12-19(15,11-20)18(22)23/h1-7,15H,8-12H2,(H,22,23)/t15-,19-/m1/s1. The van der Waals surface area contributed by atoms with Gasteiger partial charge in [0.25, 0.3) is 0 Å². The van der Waals surface area contributed by atoms with Gasteiger partial charge in [0.1, 0.15) is 5.41 Å². The highest BCUT2D eigenvalue weighted by Gasteiger charge is 2.57. The van der Waals surface area contributed by atoms with Gasteiger partial charge in [-0.25, -0.2) is 0 Å². The molecule has 0 aliphatic carbocycles. The summed E-state index contributed by atoms with van der Waals surface area (Å²) >= 11 is 0. The van der Waals surface area contributed by atoms with Crippen molar-refractivity contribution < 1.29 is 19.4 Å². The van der Waals surface area contributed by atoms with E-state index in [2.05, 4.69) is 0 Å². The van der Waals surface area contributed by atoms with Gasteiger partial charge in [0.05, 0.1) is 19.6 Å². The molecule has 2 heterocycles. The van der Waals surface area contributed by atoms with Gasteiger partial charge in [0, 0.05) is 19.0 Å². The van der Waals surface area contributed by atoms with Crippen LogP contribution in [0.1, 0.15) is 5.56 Å². The number of fused-ring (bicyclic) bond motifs is 2. The Morgan fingerprint density at radius 2 is 2.00 bits per heavy atom. The van der Waals surface area contributed by atoms with E-state index in [1.54, 1.807) is 4.90 Å². The van der Waals surface area contributed by atoms with Gasteiger partial charge in [0.2, 0.25) is 5.91 Å². The fourth-order valence-electron chi connectivity index (χ4n) is 3.95. The van der Waals surface area contributed by atoms with E-state index in [4.69, 9.17) is 4.74 Å². The lowest BCUT2D eigenvalue weighted by Gasteiger charge is -2.22. The van der Waals surface area contributed by atoms with Crippen LogP contribution in [0.15, 0.2) is 42.5 Å². The molecule has 2 aromatic rings. The Balaban J connectivity index is 1.56. The molecule has 2 aromatic carbocycles. The van der Waals surface area contributed by atoms with Crippen molar-refractivity contribution in [3.05, 3.63) is 48.0 Å². The zero-order valence-corrected chi connectivity index (χ0v) is 13.3. The topological polar surface area (TPSA) is 66.8 Å². The highest BCUT2D eigenvalue weighted by atomic mass is 16.5. The van der Waals surface area contributed by atoms with Crippen molar-refractivity contribution in [2.45, 2.75) is 6.42 Å². The normalized spacial score (nSPS) is 25.8. The number of benzene rings is 2. The lowest BCUT2D eigenvalue weighted by Crippen LogP contribution is -2.40. The summed E-state index contributed by atoms with van der Waals surface area (Å²) in [7, 11) is 0. The lowest BCUT2D eigenvalue weighted by molar-refractivity contribution is -0.149. The van der Waals surface area contributed by atoms with Gasteiger partial charge in [0.15, 0.2) is 0 Å². The van der Waals surface area contributed by atoms with Gasteiger partial charge in [-0.05, 0) is 16.3 Å². The Morgan fingerprint density at radius 3 is 2.79 bits per heavy atom. The molecule has 0 aromatic heterocycles. The largest absolute Gasteiger partial charge is 0.481 e. The number of carbonyl (C=O) groups is 2. The molecule has 0 saturated carbocycles. The number of carboxylic acid groups (broad SMARTS) is 1. The number of amides is 1. The second-order valence-corrected chi connectivity index (χ2v) is 6.76. The fraction of sp³-hybridized carbons (Fsp3) is 0.368. The summed E-state index contributed by atoms with van der Waals surface area (Å²) in [5, 5.41) is 11.8. The smallest absolute Gasteiger partial charge is 0.314 e.